The fourth-order valence-corrected chi connectivity index (χ4v) is 4.79. The van der Waals surface area contributed by atoms with Gasteiger partial charge in [-0.1, -0.05) is 23.4 Å². The van der Waals surface area contributed by atoms with Gasteiger partial charge in [-0.2, -0.15) is 0 Å². The van der Waals surface area contributed by atoms with E-state index in [4.69, 9.17) is 16.6 Å². The molecule has 1 fully saturated rings. The number of anilines is 1. The number of hydrogen-bond acceptors (Lipinski definition) is 4. The Morgan fingerprint density at radius 2 is 1.81 bits per heavy atom. The van der Waals surface area contributed by atoms with Gasteiger partial charge in [-0.15, -0.1) is 0 Å². The van der Waals surface area contributed by atoms with Crippen molar-refractivity contribution in [3.8, 4) is 5.69 Å². The summed E-state index contributed by atoms with van der Waals surface area (Å²) < 4.78 is 15.5. The fourth-order valence-electron chi connectivity index (χ4n) is 3.60. The molecule has 1 aliphatic carbocycles. The molecule has 3 aromatic rings. The molecule has 1 saturated carbocycles. The average Bonchev–Trinajstić information content (AvgIpc) is 3.48. The van der Waals surface area contributed by atoms with Crippen molar-refractivity contribution in [2.75, 3.05) is 37.8 Å². The van der Waals surface area contributed by atoms with Crippen LogP contribution in [0.2, 0.25) is 5.02 Å². The predicted molar refractivity (Wildman–Crippen MR) is 128 cm³/mol. The Morgan fingerprint density at radius 1 is 1.10 bits per heavy atom. The maximum Gasteiger partial charge on any atom is 0.172 e. The molecule has 0 N–H and O–H groups in total. The predicted octanol–water partition coefficient (Wildman–Crippen LogP) is 5.74. The van der Waals surface area contributed by atoms with Crippen LogP contribution in [0.1, 0.15) is 18.5 Å². The maximum absolute atomic E-state index is 13.3. The molecule has 0 spiro atoms. The second-order valence-electron chi connectivity index (χ2n) is 8.23. The van der Waals surface area contributed by atoms with Crippen molar-refractivity contribution in [2.45, 2.75) is 24.5 Å². The first-order valence-electron chi connectivity index (χ1n) is 10.6. The molecule has 4 rings (SSSR count). The van der Waals surface area contributed by atoms with E-state index in [1.165, 1.54) is 31.5 Å². The Bertz CT molecular complexity index is 986. The molecule has 0 aliphatic heterocycles. The van der Waals surface area contributed by atoms with E-state index in [0.29, 0.717) is 11.6 Å². The van der Waals surface area contributed by atoms with E-state index in [-0.39, 0.29) is 5.82 Å². The van der Waals surface area contributed by atoms with Crippen LogP contribution in [0.15, 0.2) is 59.9 Å². The normalized spacial score (nSPS) is 13.7. The summed E-state index contributed by atoms with van der Waals surface area (Å²) in [6.45, 7) is 2.89. The molecule has 1 heterocycles. The van der Waals surface area contributed by atoms with Crippen molar-refractivity contribution in [3.05, 3.63) is 71.3 Å². The van der Waals surface area contributed by atoms with Crippen LogP contribution < -0.4 is 4.90 Å². The largest absolute Gasteiger partial charge is 0.369 e. The molecule has 164 valence electrons. The van der Waals surface area contributed by atoms with Gasteiger partial charge in [0.05, 0.1) is 18.4 Å². The third-order valence-electron chi connectivity index (χ3n) is 5.52. The molecule has 0 unspecified atom stereocenters. The molecule has 2 aromatic carbocycles. The summed E-state index contributed by atoms with van der Waals surface area (Å²) in [7, 11) is 4.21. The summed E-state index contributed by atoms with van der Waals surface area (Å²) in [5.74, 6) is 1.66. The van der Waals surface area contributed by atoms with Gasteiger partial charge in [0.1, 0.15) is 5.82 Å². The molecule has 4 nitrogen and oxygen atoms in total. The highest BCUT2D eigenvalue weighted by atomic mass is 35.5. The zero-order chi connectivity index (χ0) is 21.8. The first kappa shape index (κ1) is 22.2. The fraction of sp³-hybridized carbons (Fsp3) is 0.375. The number of rotatable bonds is 10. The lowest BCUT2D eigenvalue weighted by Gasteiger charge is -2.21. The molecule has 0 atom stereocenters. The zero-order valence-corrected chi connectivity index (χ0v) is 19.5. The van der Waals surface area contributed by atoms with Crippen molar-refractivity contribution < 1.29 is 4.39 Å². The second-order valence-corrected chi connectivity index (χ2v) is 9.73. The Balaban J connectivity index is 1.51. The van der Waals surface area contributed by atoms with E-state index in [0.717, 1.165) is 40.4 Å². The molecule has 31 heavy (non-hydrogen) atoms. The highest BCUT2D eigenvalue weighted by Crippen LogP contribution is 2.30. The van der Waals surface area contributed by atoms with Gasteiger partial charge < -0.3 is 9.80 Å². The van der Waals surface area contributed by atoms with Crippen LogP contribution in [0.4, 0.5) is 10.1 Å². The van der Waals surface area contributed by atoms with E-state index < -0.39 is 0 Å². The van der Waals surface area contributed by atoms with Gasteiger partial charge in [-0.3, -0.25) is 4.57 Å². The van der Waals surface area contributed by atoms with Crippen LogP contribution in [-0.4, -0.2) is 47.4 Å². The molecular weight excluding hydrogens is 431 g/mol. The highest BCUT2D eigenvalue weighted by Gasteiger charge is 2.22. The first-order valence-corrected chi connectivity index (χ1v) is 12.0. The Morgan fingerprint density at radius 3 is 2.48 bits per heavy atom. The van der Waals surface area contributed by atoms with Crippen LogP contribution in [-0.2, 0) is 6.54 Å². The van der Waals surface area contributed by atoms with Gasteiger partial charge in [-0.05, 0) is 74.3 Å². The Kier molecular flexibility index (Phi) is 7.20. The number of imidazole rings is 1. The number of thioether (sulfide) groups is 1. The summed E-state index contributed by atoms with van der Waals surface area (Å²) in [5.41, 5.74) is 3.07. The number of benzene rings is 2. The number of hydrogen-bond donors (Lipinski definition) is 0. The van der Waals surface area contributed by atoms with E-state index in [9.17, 15) is 4.39 Å². The van der Waals surface area contributed by atoms with E-state index >= 15 is 0 Å². The zero-order valence-electron chi connectivity index (χ0n) is 18.0. The van der Waals surface area contributed by atoms with E-state index in [1.807, 2.05) is 37.5 Å². The summed E-state index contributed by atoms with van der Waals surface area (Å²) in [6.07, 6.45) is 4.69. The lowest BCUT2D eigenvalue weighted by atomic mass is 10.2. The lowest BCUT2D eigenvalue weighted by molar-refractivity contribution is 0.340. The van der Waals surface area contributed by atoms with Gasteiger partial charge in [0, 0.05) is 42.3 Å². The lowest BCUT2D eigenvalue weighted by Crippen LogP contribution is -2.23. The Hall–Kier alpha value is -2.02. The standard InChI is InChI=1S/C24H28ClFN4S/c1-28(16-18-3-4-18)13-14-31-24-27-15-23(30(24)22-9-5-19(25)6-10-22)17-29(2)21-11-7-20(26)8-12-21/h5-12,15,18H,3-4,13-14,16-17H2,1-2H3. The smallest absolute Gasteiger partial charge is 0.172 e. The first-order chi connectivity index (χ1) is 15.0. The molecule has 0 saturated heterocycles. The van der Waals surface area contributed by atoms with Gasteiger partial charge in [0.25, 0.3) is 0 Å². The van der Waals surface area contributed by atoms with Crippen molar-refractivity contribution in [2.24, 2.45) is 5.92 Å². The number of aromatic nitrogens is 2. The van der Waals surface area contributed by atoms with Crippen molar-refractivity contribution >= 4 is 29.1 Å². The Labute approximate surface area is 193 Å². The van der Waals surface area contributed by atoms with Crippen LogP contribution >= 0.6 is 23.4 Å². The molecule has 1 aromatic heterocycles. The summed E-state index contributed by atoms with van der Waals surface area (Å²) in [5, 5.41) is 1.69. The number of halogens is 2. The maximum atomic E-state index is 13.3. The monoisotopic (exact) mass is 458 g/mol. The molecule has 1 aliphatic rings. The number of nitrogens with zero attached hydrogens (tertiary/aromatic N) is 4. The van der Waals surface area contributed by atoms with Crippen LogP contribution in [0.25, 0.3) is 5.69 Å². The third kappa shape index (κ3) is 6.03. The molecular formula is C24H28ClFN4S. The summed E-state index contributed by atoms with van der Waals surface area (Å²) >= 11 is 7.90. The van der Waals surface area contributed by atoms with Gasteiger partial charge >= 0.3 is 0 Å². The molecule has 0 bridgehead atoms. The SMILES string of the molecule is CN(CCSc1ncc(CN(C)c2ccc(F)cc2)n1-c1ccc(Cl)cc1)CC1CC1. The van der Waals surface area contributed by atoms with Gasteiger partial charge in [-0.25, -0.2) is 9.37 Å². The minimum absolute atomic E-state index is 0.228. The average molecular weight is 459 g/mol. The van der Waals surface area contributed by atoms with Crippen LogP contribution in [0, 0.1) is 11.7 Å². The van der Waals surface area contributed by atoms with Crippen molar-refractivity contribution in [3.63, 3.8) is 0 Å². The van der Waals surface area contributed by atoms with Crippen molar-refractivity contribution in [1.82, 2.24) is 14.5 Å². The molecule has 0 radical (unpaired) electrons. The van der Waals surface area contributed by atoms with Gasteiger partial charge in [0.15, 0.2) is 5.16 Å². The third-order valence-corrected chi connectivity index (χ3v) is 6.71. The van der Waals surface area contributed by atoms with Gasteiger partial charge in [0.2, 0.25) is 0 Å². The minimum Gasteiger partial charge on any atom is -0.369 e. The quantitative estimate of drug-likeness (QED) is 0.362. The van der Waals surface area contributed by atoms with Crippen LogP contribution in [0.5, 0.6) is 0 Å². The topological polar surface area (TPSA) is 24.3 Å². The summed E-state index contributed by atoms with van der Waals surface area (Å²) in [4.78, 5) is 9.25. The molecule has 7 heteroatoms. The van der Waals surface area contributed by atoms with E-state index in [1.54, 1.807) is 23.9 Å². The molecule has 0 amide bonds. The minimum atomic E-state index is -0.228. The summed E-state index contributed by atoms with van der Waals surface area (Å²) in [6, 6.07) is 14.4. The van der Waals surface area contributed by atoms with E-state index in [2.05, 4.69) is 21.4 Å². The van der Waals surface area contributed by atoms with Crippen molar-refractivity contribution in [1.29, 1.82) is 0 Å². The van der Waals surface area contributed by atoms with Crippen LogP contribution in [0.3, 0.4) is 0 Å². The highest BCUT2D eigenvalue weighted by molar-refractivity contribution is 7.99. The second kappa shape index (κ2) is 10.1.